The van der Waals surface area contributed by atoms with Crippen LogP contribution in [-0.4, -0.2) is 28.5 Å². The Balaban J connectivity index is 2.41. The molecule has 53 valence electrons. The van der Waals surface area contributed by atoms with Crippen molar-refractivity contribution in [2.75, 3.05) is 0 Å². The molecule has 0 amide bonds. The minimum absolute atomic E-state index is 0.270. The Labute approximate surface area is 54.3 Å². The Morgan fingerprint density at radius 2 is 2.22 bits per heavy atom. The van der Waals surface area contributed by atoms with Gasteiger partial charge in [-0.3, -0.25) is 0 Å². The Hall–Kier alpha value is -0.120. The summed E-state index contributed by atoms with van der Waals surface area (Å²) in [5.74, 6) is 0. The fourth-order valence-electron chi connectivity index (χ4n) is 0.839. The van der Waals surface area contributed by atoms with Gasteiger partial charge >= 0.3 is 0 Å². The van der Waals surface area contributed by atoms with E-state index in [1.807, 2.05) is 0 Å². The first-order valence-corrected chi connectivity index (χ1v) is 3.05. The zero-order valence-electron chi connectivity index (χ0n) is 5.32. The lowest BCUT2D eigenvalue weighted by atomic mass is 10.0. The van der Waals surface area contributed by atoms with E-state index in [1.54, 1.807) is 6.92 Å². The van der Waals surface area contributed by atoms with Crippen LogP contribution in [0.4, 0.5) is 0 Å². The highest BCUT2D eigenvalue weighted by Crippen LogP contribution is 2.16. The van der Waals surface area contributed by atoms with E-state index in [-0.39, 0.29) is 6.10 Å². The van der Waals surface area contributed by atoms with Gasteiger partial charge in [0.1, 0.15) is 6.10 Å². The normalized spacial score (nSPS) is 45.0. The van der Waals surface area contributed by atoms with Crippen LogP contribution < -0.4 is 0 Å². The molecular weight excluding hydrogens is 120 g/mol. The molecule has 0 aliphatic carbocycles. The number of rotatable bonds is 0. The van der Waals surface area contributed by atoms with Crippen molar-refractivity contribution in [3.8, 4) is 0 Å². The maximum atomic E-state index is 9.05. The second kappa shape index (κ2) is 2.64. The van der Waals surface area contributed by atoms with Crippen LogP contribution in [0.2, 0.25) is 0 Å². The van der Waals surface area contributed by atoms with Crippen molar-refractivity contribution in [2.24, 2.45) is 0 Å². The van der Waals surface area contributed by atoms with Gasteiger partial charge in [-0.1, -0.05) is 0 Å². The number of ether oxygens (including phenoxy) is 1. The molecule has 0 saturated carbocycles. The van der Waals surface area contributed by atoms with Gasteiger partial charge in [-0.25, -0.2) is 0 Å². The van der Waals surface area contributed by atoms with Gasteiger partial charge in [0.15, 0.2) is 0 Å². The quantitative estimate of drug-likeness (QED) is 0.473. The number of hydrogen-bond donors (Lipinski definition) is 2. The lowest BCUT2D eigenvalue weighted by Crippen LogP contribution is -2.40. The molecular formula is C6H11O3. The summed E-state index contributed by atoms with van der Waals surface area (Å²) < 4.78 is 4.93. The van der Waals surface area contributed by atoms with Crippen LogP contribution in [0, 0.1) is 6.61 Å². The van der Waals surface area contributed by atoms with Crippen molar-refractivity contribution in [3.63, 3.8) is 0 Å². The number of aliphatic hydroxyl groups is 2. The van der Waals surface area contributed by atoms with Gasteiger partial charge < -0.3 is 14.9 Å². The summed E-state index contributed by atoms with van der Waals surface area (Å²) in [5.41, 5.74) is 0. The molecule has 1 rings (SSSR count). The topological polar surface area (TPSA) is 49.7 Å². The third-order valence-corrected chi connectivity index (χ3v) is 1.52. The van der Waals surface area contributed by atoms with Crippen LogP contribution in [0.15, 0.2) is 0 Å². The van der Waals surface area contributed by atoms with Crippen molar-refractivity contribution in [2.45, 2.75) is 31.7 Å². The molecule has 9 heavy (non-hydrogen) atoms. The Kier molecular flexibility index (Phi) is 2.05. The number of aliphatic hydroxyl groups excluding tert-OH is 2. The third kappa shape index (κ3) is 1.41. The van der Waals surface area contributed by atoms with Crippen molar-refractivity contribution >= 4 is 0 Å². The first kappa shape index (κ1) is 6.99. The summed E-state index contributed by atoms with van der Waals surface area (Å²) in [6.45, 7) is 3.26. The molecule has 0 spiro atoms. The van der Waals surface area contributed by atoms with Crippen molar-refractivity contribution in [3.05, 3.63) is 6.61 Å². The fourth-order valence-corrected chi connectivity index (χ4v) is 0.839. The molecule has 2 N–H and O–H groups in total. The monoisotopic (exact) mass is 131 g/mol. The lowest BCUT2D eigenvalue weighted by Gasteiger charge is -2.28. The first-order chi connectivity index (χ1) is 4.22. The van der Waals surface area contributed by atoms with Crippen molar-refractivity contribution in [1.82, 2.24) is 0 Å². The second-order valence-corrected chi connectivity index (χ2v) is 2.30. The van der Waals surface area contributed by atoms with Gasteiger partial charge in [-0.15, -0.1) is 0 Å². The van der Waals surface area contributed by atoms with E-state index >= 15 is 0 Å². The molecule has 0 unspecified atom stereocenters. The fraction of sp³-hybridized carbons (Fsp3) is 0.833. The minimum atomic E-state index is -0.727. The maximum Gasteiger partial charge on any atom is 0.106 e. The molecule has 1 aliphatic heterocycles. The van der Waals surface area contributed by atoms with Crippen LogP contribution >= 0.6 is 0 Å². The molecule has 0 bridgehead atoms. The predicted octanol–water partition coefficient (Wildman–Crippen LogP) is -0.321. The Morgan fingerprint density at radius 3 is 2.67 bits per heavy atom. The summed E-state index contributed by atoms with van der Waals surface area (Å²) in [6.07, 6.45) is -1.22. The predicted molar refractivity (Wildman–Crippen MR) is 31.5 cm³/mol. The third-order valence-electron chi connectivity index (χ3n) is 1.52. The summed E-state index contributed by atoms with van der Waals surface area (Å²) in [7, 11) is 0. The van der Waals surface area contributed by atoms with E-state index < -0.39 is 12.2 Å². The SMILES string of the molecule is C[C@@H]1O[CH]C[C@H](O)[C@@H]1O. The first-order valence-electron chi connectivity index (χ1n) is 3.05. The van der Waals surface area contributed by atoms with E-state index in [4.69, 9.17) is 14.9 Å². The largest absolute Gasteiger partial charge is 0.390 e. The summed E-state index contributed by atoms with van der Waals surface area (Å²) in [4.78, 5) is 0. The molecule has 1 heterocycles. The molecule has 1 radical (unpaired) electrons. The van der Waals surface area contributed by atoms with Gasteiger partial charge in [0.05, 0.1) is 18.8 Å². The zero-order chi connectivity index (χ0) is 6.85. The molecule has 0 aromatic carbocycles. The Morgan fingerprint density at radius 1 is 1.56 bits per heavy atom. The molecule has 0 aromatic rings. The molecule has 1 fully saturated rings. The van der Waals surface area contributed by atoms with Crippen LogP contribution in [0.1, 0.15) is 13.3 Å². The van der Waals surface area contributed by atoms with Gasteiger partial charge in [0.2, 0.25) is 0 Å². The molecule has 3 heteroatoms. The molecule has 1 saturated heterocycles. The highest BCUT2D eigenvalue weighted by Gasteiger charge is 2.27. The smallest absolute Gasteiger partial charge is 0.106 e. The van der Waals surface area contributed by atoms with E-state index in [1.165, 1.54) is 6.61 Å². The summed E-state index contributed by atoms with van der Waals surface area (Å²) in [6, 6.07) is 0. The average molecular weight is 131 g/mol. The summed E-state index contributed by atoms with van der Waals surface area (Å²) >= 11 is 0. The second-order valence-electron chi connectivity index (χ2n) is 2.30. The average Bonchev–Trinajstić information content (AvgIpc) is 1.83. The number of hydrogen-bond acceptors (Lipinski definition) is 3. The minimum Gasteiger partial charge on any atom is -0.390 e. The van der Waals surface area contributed by atoms with Gasteiger partial charge in [-0.2, -0.15) is 0 Å². The van der Waals surface area contributed by atoms with Crippen molar-refractivity contribution < 1.29 is 14.9 Å². The van der Waals surface area contributed by atoms with Gasteiger partial charge in [0.25, 0.3) is 0 Å². The van der Waals surface area contributed by atoms with E-state index in [2.05, 4.69) is 0 Å². The maximum absolute atomic E-state index is 9.05. The van der Waals surface area contributed by atoms with Crippen LogP contribution in [0.25, 0.3) is 0 Å². The van der Waals surface area contributed by atoms with E-state index in [0.717, 1.165) is 0 Å². The molecule has 0 aromatic heterocycles. The van der Waals surface area contributed by atoms with Crippen LogP contribution in [0.3, 0.4) is 0 Å². The van der Waals surface area contributed by atoms with E-state index in [0.29, 0.717) is 6.42 Å². The standard InChI is InChI=1S/C6H11O3/c1-4-6(8)5(7)2-3-9-4/h3-8H,2H2,1H3/t4-,5-,6+/m0/s1. The highest BCUT2D eigenvalue weighted by molar-refractivity contribution is 4.81. The zero-order valence-corrected chi connectivity index (χ0v) is 5.32. The molecule has 3 nitrogen and oxygen atoms in total. The Bertz CT molecular complexity index is 84.3. The molecule has 1 aliphatic rings. The van der Waals surface area contributed by atoms with Crippen LogP contribution in [0.5, 0.6) is 0 Å². The summed E-state index contributed by atoms with van der Waals surface area (Å²) in [5, 5.41) is 18.0. The van der Waals surface area contributed by atoms with Gasteiger partial charge in [0, 0.05) is 6.42 Å². The molecule has 3 atom stereocenters. The lowest BCUT2D eigenvalue weighted by molar-refractivity contribution is -0.103. The van der Waals surface area contributed by atoms with Gasteiger partial charge in [-0.05, 0) is 6.92 Å². The van der Waals surface area contributed by atoms with Crippen molar-refractivity contribution in [1.29, 1.82) is 0 Å². The van der Waals surface area contributed by atoms with Crippen LogP contribution in [-0.2, 0) is 4.74 Å². The van der Waals surface area contributed by atoms with E-state index in [9.17, 15) is 0 Å². The highest BCUT2D eigenvalue weighted by atomic mass is 16.5.